The van der Waals surface area contributed by atoms with E-state index in [1.54, 1.807) is 18.3 Å². The van der Waals surface area contributed by atoms with Gasteiger partial charge < -0.3 is 10.4 Å². The van der Waals surface area contributed by atoms with E-state index in [9.17, 15) is 4.79 Å². The number of nitrogens with one attached hydrogen (secondary N) is 1. The van der Waals surface area contributed by atoms with Crippen molar-refractivity contribution in [2.75, 3.05) is 5.32 Å². The number of benzene rings is 2. The first-order valence-corrected chi connectivity index (χ1v) is 7.33. The third kappa shape index (κ3) is 3.97. The lowest BCUT2D eigenvalue weighted by Crippen LogP contribution is -2.01. The van der Waals surface area contributed by atoms with Gasteiger partial charge in [0.2, 0.25) is 0 Å². The maximum Gasteiger partial charge on any atom is 0.335 e. The van der Waals surface area contributed by atoms with Gasteiger partial charge in [-0.25, -0.2) is 4.79 Å². The molecule has 5 nitrogen and oxygen atoms in total. The van der Waals surface area contributed by atoms with E-state index in [4.69, 9.17) is 5.11 Å². The second-order valence-corrected chi connectivity index (χ2v) is 5.27. The van der Waals surface area contributed by atoms with Gasteiger partial charge in [-0.05, 0) is 23.3 Å². The fourth-order valence-corrected chi connectivity index (χ4v) is 2.28. The lowest BCUT2D eigenvalue weighted by atomic mass is 10.1. The first-order valence-electron chi connectivity index (χ1n) is 7.33. The Bertz CT molecular complexity index is 780. The van der Waals surface area contributed by atoms with E-state index in [0.29, 0.717) is 12.1 Å². The Kier molecular flexibility index (Phi) is 4.38. The highest BCUT2D eigenvalue weighted by atomic mass is 16.4. The Labute approximate surface area is 134 Å². The molecule has 2 N–H and O–H groups in total. The Hall–Kier alpha value is -3.08. The minimum absolute atomic E-state index is 0.296. The van der Waals surface area contributed by atoms with Crippen LogP contribution in [0.1, 0.15) is 21.5 Å². The minimum Gasteiger partial charge on any atom is -0.478 e. The van der Waals surface area contributed by atoms with Crippen molar-refractivity contribution in [1.29, 1.82) is 0 Å². The summed E-state index contributed by atoms with van der Waals surface area (Å²) in [5, 5.41) is 16.5. The van der Waals surface area contributed by atoms with Crippen LogP contribution < -0.4 is 5.32 Å². The van der Waals surface area contributed by atoms with Crippen molar-refractivity contribution >= 4 is 11.7 Å². The van der Waals surface area contributed by atoms with Gasteiger partial charge in [0.25, 0.3) is 0 Å². The molecule has 0 aliphatic rings. The summed E-state index contributed by atoms with van der Waals surface area (Å²) in [6.45, 7) is 1.35. The lowest BCUT2D eigenvalue weighted by Gasteiger charge is -2.04. The molecule has 0 aliphatic carbocycles. The number of aromatic nitrogens is 2. The molecular formula is C18H17N3O2. The smallest absolute Gasteiger partial charge is 0.335 e. The summed E-state index contributed by atoms with van der Waals surface area (Å²) >= 11 is 0. The SMILES string of the molecule is O=C(O)c1ccc(CNc2cnn(Cc3ccccc3)c2)cc1. The van der Waals surface area contributed by atoms with Gasteiger partial charge in [0, 0.05) is 12.7 Å². The van der Waals surface area contributed by atoms with E-state index in [-0.39, 0.29) is 0 Å². The molecule has 0 spiro atoms. The molecule has 1 heterocycles. The number of carboxylic acids is 1. The molecule has 0 fully saturated rings. The van der Waals surface area contributed by atoms with Crippen LogP contribution in [-0.4, -0.2) is 20.9 Å². The predicted octanol–water partition coefficient (Wildman–Crippen LogP) is 3.24. The highest BCUT2D eigenvalue weighted by Gasteiger charge is 2.03. The summed E-state index contributed by atoms with van der Waals surface area (Å²) in [6, 6.07) is 17.0. The van der Waals surface area contributed by atoms with Crippen LogP contribution in [0.25, 0.3) is 0 Å². The Morgan fingerprint density at radius 1 is 1.04 bits per heavy atom. The average Bonchev–Trinajstić information content (AvgIpc) is 3.02. The minimum atomic E-state index is -0.910. The van der Waals surface area contributed by atoms with Gasteiger partial charge in [0.1, 0.15) is 0 Å². The van der Waals surface area contributed by atoms with E-state index < -0.39 is 5.97 Å². The van der Waals surface area contributed by atoms with Gasteiger partial charge in [0.15, 0.2) is 0 Å². The molecule has 2 aromatic carbocycles. The van der Waals surface area contributed by atoms with Gasteiger partial charge in [-0.3, -0.25) is 4.68 Å². The van der Waals surface area contributed by atoms with E-state index in [1.165, 1.54) is 5.56 Å². The number of carboxylic acid groups (broad SMARTS) is 1. The molecule has 3 aromatic rings. The Morgan fingerprint density at radius 2 is 1.78 bits per heavy atom. The molecule has 0 saturated carbocycles. The third-order valence-electron chi connectivity index (χ3n) is 3.52. The zero-order chi connectivity index (χ0) is 16.1. The molecule has 116 valence electrons. The second kappa shape index (κ2) is 6.79. The van der Waals surface area contributed by atoms with E-state index in [0.717, 1.165) is 17.8 Å². The van der Waals surface area contributed by atoms with Crippen LogP contribution in [0.2, 0.25) is 0 Å². The number of carbonyl (C=O) groups is 1. The molecule has 0 saturated heterocycles. The van der Waals surface area contributed by atoms with Crippen LogP contribution in [0.4, 0.5) is 5.69 Å². The van der Waals surface area contributed by atoms with Crippen LogP contribution in [0.5, 0.6) is 0 Å². The molecule has 3 rings (SSSR count). The molecule has 5 heteroatoms. The number of anilines is 1. The molecule has 0 unspecified atom stereocenters. The molecule has 1 aromatic heterocycles. The fraction of sp³-hybridized carbons (Fsp3) is 0.111. The van der Waals surface area contributed by atoms with Crippen LogP contribution in [0.15, 0.2) is 67.0 Å². The summed E-state index contributed by atoms with van der Waals surface area (Å²) in [5.74, 6) is -0.910. The second-order valence-electron chi connectivity index (χ2n) is 5.27. The predicted molar refractivity (Wildman–Crippen MR) is 88.5 cm³/mol. The van der Waals surface area contributed by atoms with Gasteiger partial charge in [-0.15, -0.1) is 0 Å². The first kappa shape index (κ1) is 14.8. The fourth-order valence-electron chi connectivity index (χ4n) is 2.28. The molecular weight excluding hydrogens is 290 g/mol. The van der Waals surface area contributed by atoms with Crippen molar-refractivity contribution in [3.63, 3.8) is 0 Å². The summed E-state index contributed by atoms with van der Waals surface area (Å²) in [5.41, 5.74) is 3.45. The van der Waals surface area contributed by atoms with Crippen molar-refractivity contribution < 1.29 is 9.90 Å². The summed E-state index contributed by atoms with van der Waals surface area (Å²) in [6.07, 6.45) is 3.74. The molecule has 0 radical (unpaired) electrons. The lowest BCUT2D eigenvalue weighted by molar-refractivity contribution is 0.0697. The molecule has 0 amide bonds. The zero-order valence-electron chi connectivity index (χ0n) is 12.5. The Morgan fingerprint density at radius 3 is 2.48 bits per heavy atom. The number of aromatic carboxylic acids is 1. The largest absolute Gasteiger partial charge is 0.478 e. The van der Waals surface area contributed by atoms with Crippen molar-refractivity contribution in [3.8, 4) is 0 Å². The third-order valence-corrected chi connectivity index (χ3v) is 3.52. The van der Waals surface area contributed by atoms with E-state index in [1.807, 2.05) is 41.2 Å². The van der Waals surface area contributed by atoms with Crippen molar-refractivity contribution in [3.05, 3.63) is 83.7 Å². The number of nitrogens with zero attached hydrogens (tertiary/aromatic N) is 2. The molecule has 0 aliphatic heterocycles. The standard InChI is InChI=1S/C18H17N3O2/c22-18(23)16-8-6-14(7-9-16)10-19-17-11-20-21(13-17)12-15-4-2-1-3-5-15/h1-9,11,13,19H,10,12H2,(H,22,23). The first-order chi connectivity index (χ1) is 11.2. The van der Waals surface area contributed by atoms with Crippen LogP contribution in [0, 0.1) is 0 Å². The van der Waals surface area contributed by atoms with Crippen LogP contribution in [-0.2, 0) is 13.1 Å². The van der Waals surface area contributed by atoms with Crippen LogP contribution >= 0.6 is 0 Å². The maximum absolute atomic E-state index is 10.8. The average molecular weight is 307 g/mol. The van der Waals surface area contributed by atoms with Gasteiger partial charge in [-0.2, -0.15) is 5.10 Å². The number of hydrogen-bond donors (Lipinski definition) is 2. The number of hydrogen-bond acceptors (Lipinski definition) is 3. The maximum atomic E-state index is 10.8. The molecule has 0 atom stereocenters. The topological polar surface area (TPSA) is 67.2 Å². The van der Waals surface area contributed by atoms with Gasteiger partial charge >= 0.3 is 5.97 Å². The molecule has 23 heavy (non-hydrogen) atoms. The number of rotatable bonds is 6. The van der Waals surface area contributed by atoms with Gasteiger partial charge in [0.05, 0.1) is 24.0 Å². The zero-order valence-corrected chi connectivity index (χ0v) is 12.5. The highest BCUT2D eigenvalue weighted by molar-refractivity contribution is 5.87. The Balaban J connectivity index is 1.57. The van der Waals surface area contributed by atoms with Gasteiger partial charge in [-0.1, -0.05) is 42.5 Å². The van der Waals surface area contributed by atoms with E-state index in [2.05, 4.69) is 22.5 Å². The normalized spacial score (nSPS) is 10.4. The van der Waals surface area contributed by atoms with Crippen molar-refractivity contribution in [2.24, 2.45) is 0 Å². The van der Waals surface area contributed by atoms with Crippen LogP contribution in [0.3, 0.4) is 0 Å². The quantitative estimate of drug-likeness (QED) is 0.733. The summed E-state index contributed by atoms with van der Waals surface area (Å²) in [4.78, 5) is 10.8. The highest BCUT2D eigenvalue weighted by Crippen LogP contribution is 2.11. The van der Waals surface area contributed by atoms with Crippen molar-refractivity contribution in [2.45, 2.75) is 13.1 Å². The van der Waals surface area contributed by atoms with Crippen molar-refractivity contribution in [1.82, 2.24) is 9.78 Å². The summed E-state index contributed by atoms with van der Waals surface area (Å²) in [7, 11) is 0. The summed E-state index contributed by atoms with van der Waals surface area (Å²) < 4.78 is 1.88. The monoisotopic (exact) mass is 307 g/mol. The van der Waals surface area contributed by atoms with E-state index >= 15 is 0 Å². The molecule has 0 bridgehead atoms.